The van der Waals surface area contributed by atoms with Gasteiger partial charge in [-0.05, 0) is 12.1 Å². The van der Waals surface area contributed by atoms with Crippen LogP contribution in [0.2, 0.25) is 5.02 Å². The van der Waals surface area contributed by atoms with Crippen LogP contribution in [0.4, 0.5) is 10.5 Å². The number of hydrogen-bond donors (Lipinski definition) is 4. The minimum absolute atomic E-state index is 0.145. The fraction of sp³-hybridized carbons (Fsp3) is 0.333. The molecule has 0 aliphatic carbocycles. The van der Waals surface area contributed by atoms with Crippen LogP contribution in [0.5, 0.6) is 0 Å². The predicted molar refractivity (Wildman–Crippen MR) is 75.9 cm³/mol. The SMILES string of the molecule is O=C(Nc1ccc(Cl)c2cn[nH]c12)N(CCO)CCO. The molecule has 0 unspecified atom stereocenters. The first kappa shape index (κ1) is 14.6. The molecule has 2 rings (SSSR count). The van der Waals surface area contributed by atoms with Crippen LogP contribution in [0.15, 0.2) is 18.3 Å². The van der Waals surface area contributed by atoms with Gasteiger partial charge in [0.15, 0.2) is 0 Å². The lowest BCUT2D eigenvalue weighted by Crippen LogP contribution is -2.39. The highest BCUT2D eigenvalue weighted by Gasteiger charge is 2.15. The van der Waals surface area contributed by atoms with Gasteiger partial charge in [-0.3, -0.25) is 5.10 Å². The van der Waals surface area contributed by atoms with Crippen molar-refractivity contribution in [2.24, 2.45) is 0 Å². The summed E-state index contributed by atoms with van der Waals surface area (Å²) in [6, 6.07) is 2.92. The van der Waals surface area contributed by atoms with Crippen molar-refractivity contribution in [3.05, 3.63) is 23.4 Å². The van der Waals surface area contributed by atoms with E-state index in [4.69, 9.17) is 21.8 Å². The molecule has 0 bridgehead atoms. The first-order valence-corrected chi connectivity index (χ1v) is 6.44. The number of aromatic amines is 1. The maximum absolute atomic E-state index is 12.1. The summed E-state index contributed by atoms with van der Waals surface area (Å²) in [7, 11) is 0. The van der Waals surface area contributed by atoms with E-state index in [2.05, 4.69) is 15.5 Å². The maximum Gasteiger partial charge on any atom is 0.322 e. The van der Waals surface area contributed by atoms with E-state index < -0.39 is 6.03 Å². The van der Waals surface area contributed by atoms with Gasteiger partial charge in [0, 0.05) is 18.5 Å². The topological polar surface area (TPSA) is 101 Å². The van der Waals surface area contributed by atoms with Gasteiger partial charge < -0.3 is 20.4 Å². The second-order valence-electron chi connectivity index (χ2n) is 4.12. The fourth-order valence-electron chi connectivity index (χ4n) is 1.86. The highest BCUT2D eigenvalue weighted by Crippen LogP contribution is 2.27. The Labute approximate surface area is 120 Å². The summed E-state index contributed by atoms with van der Waals surface area (Å²) in [6.45, 7) is -0.0563. The number of carbonyl (C=O) groups is 1. The average Bonchev–Trinajstić information content (AvgIpc) is 2.92. The van der Waals surface area contributed by atoms with Crippen molar-refractivity contribution in [2.75, 3.05) is 31.6 Å². The van der Waals surface area contributed by atoms with Crippen LogP contribution in [0.25, 0.3) is 10.9 Å². The highest BCUT2D eigenvalue weighted by atomic mass is 35.5. The molecule has 2 aromatic rings. The summed E-state index contributed by atoms with van der Waals surface area (Å²) in [5.41, 5.74) is 1.16. The molecule has 0 radical (unpaired) electrons. The van der Waals surface area contributed by atoms with Gasteiger partial charge in [0.05, 0.1) is 35.6 Å². The summed E-state index contributed by atoms with van der Waals surface area (Å²) in [4.78, 5) is 13.4. The molecule has 0 fully saturated rings. The summed E-state index contributed by atoms with van der Waals surface area (Å²) in [5.74, 6) is 0. The van der Waals surface area contributed by atoms with Crippen LogP contribution in [-0.2, 0) is 0 Å². The van der Waals surface area contributed by atoms with Crippen LogP contribution in [-0.4, -0.2) is 57.6 Å². The Hall–Kier alpha value is -1.83. The standard InChI is InChI=1S/C12H15ClN4O3/c13-9-1-2-10(11-8(9)7-14-16-11)15-12(20)17(3-5-18)4-6-19/h1-2,7,18-19H,3-6H2,(H,14,16)(H,15,20). The quantitative estimate of drug-likeness (QED) is 0.662. The molecule has 0 atom stereocenters. The number of aliphatic hydroxyl groups is 2. The predicted octanol–water partition coefficient (Wildman–Crippen LogP) is 1.03. The van der Waals surface area contributed by atoms with Gasteiger partial charge in [-0.2, -0.15) is 5.10 Å². The van der Waals surface area contributed by atoms with E-state index in [1.54, 1.807) is 18.3 Å². The number of aliphatic hydroxyl groups excluding tert-OH is 2. The molecule has 2 amide bonds. The van der Waals surface area contributed by atoms with Crippen LogP contribution in [0.1, 0.15) is 0 Å². The minimum atomic E-state index is -0.411. The zero-order valence-electron chi connectivity index (χ0n) is 10.6. The molecular weight excluding hydrogens is 284 g/mol. The first-order chi connectivity index (χ1) is 9.67. The van der Waals surface area contributed by atoms with Gasteiger partial charge in [-0.1, -0.05) is 11.6 Å². The lowest BCUT2D eigenvalue weighted by molar-refractivity contribution is 0.168. The van der Waals surface area contributed by atoms with E-state index in [9.17, 15) is 4.79 Å². The maximum atomic E-state index is 12.1. The molecule has 0 saturated heterocycles. The second-order valence-corrected chi connectivity index (χ2v) is 4.53. The molecule has 8 heteroatoms. The Kier molecular flexibility index (Phi) is 4.78. The number of rotatable bonds is 5. The molecule has 0 saturated carbocycles. The third-order valence-corrected chi connectivity index (χ3v) is 3.16. The number of benzene rings is 1. The van der Waals surface area contributed by atoms with Crippen molar-refractivity contribution >= 4 is 34.2 Å². The van der Waals surface area contributed by atoms with E-state index >= 15 is 0 Å². The first-order valence-electron chi connectivity index (χ1n) is 6.06. The fourth-order valence-corrected chi connectivity index (χ4v) is 2.06. The Balaban J connectivity index is 2.20. The molecule has 0 aliphatic rings. The van der Waals surface area contributed by atoms with Crippen LogP contribution >= 0.6 is 11.6 Å². The minimum Gasteiger partial charge on any atom is -0.395 e. The number of H-pyrrole nitrogens is 1. The van der Waals surface area contributed by atoms with Gasteiger partial charge >= 0.3 is 6.03 Å². The molecule has 1 aromatic heterocycles. The number of fused-ring (bicyclic) bond motifs is 1. The average molecular weight is 299 g/mol. The Morgan fingerprint density at radius 2 is 2.05 bits per heavy atom. The van der Waals surface area contributed by atoms with Crippen molar-refractivity contribution in [1.82, 2.24) is 15.1 Å². The normalized spacial score (nSPS) is 10.8. The monoisotopic (exact) mass is 298 g/mol. The molecule has 20 heavy (non-hydrogen) atoms. The second kappa shape index (κ2) is 6.56. The molecule has 0 spiro atoms. The van der Waals surface area contributed by atoms with Crippen LogP contribution < -0.4 is 5.32 Å². The molecule has 0 aliphatic heterocycles. The van der Waals surface area contributed by atoms with Gasteiger partial charge in [-0.25, -0.2) is 4.79 Å². The van der Waals surface area contributed by atoms with Gasteiger partial charge in [0.2, 0.25) is 0 Å². The lowest BCUT2D eigenvalue weighted by atomic mass is 10.2. The molecular formula is C12H15ClN4O3. The number of amides is 2. The van der Waals surface area contributed by atoms with Gasteiger partial charge in [0.1, 0.15) is 0 Å². The van der Waals surface area contributed by atoms with E-state index in [0.29, 0.717) is 21.6 Å². The van der Waals surface area contributed by atoms with E-state index in [-0.39, 0.29) is 26.3 Å². The number of anilines is 1. The Bertz CT molecular complexity index is 595. The van der Waals surface area contributed by atoms with E-state index in [0.717, 1.165) is 0 Å². The van der Waals surface area contributed by atoms with Crippen molar-refractivity contribution in [1.29, 1.82) is 0 Å². The highest BCUT2D eigenvalue weighted by molar-refractivity contribution is 6.35. The van der Waals surface area contributed by atoms with Crippen molar-refractivity contribution in [3.8, 4) is 0 Å². The number of halogens is 1. The number of nitrogens with one attached hydrogen (secondary N) is 2. The molecule has 4 N–H and O–H groups in total. The Morgan fingerprint density at radius 3 is 2.70 bits per heavy atom. The summed E-state index contributed by atoms with van der Waals surface area (Å²) in [6.07, 6.45) is 1.58. The number of urea groups is 1. The third-order valence-electron chi connectivity index (χ3n) is 2.83. The van der Waals surface area contributed by atoms with Crippen molar-refractivity contribution < 1.29 is 15.0 Å². The Morgan fingerprint density at radius 1 is 1.35 bits per heavy atom. The van der Waals surface area contributed by atoms with Gasteiger partial charge in [-0.15, -0.1) is 0 Å². The third kappa shape index (κ3) is 3.01. The summed E-state index contributed by atoms with van der Waals surface area (Å²) >= 11 is 6.02. The summed E-state index contributed by atoms with van der Waals surface area (Å²) < 4.78 is 0. The number of aromatic nitrogens is 2. The number of nitrogens with zero attached hydrogens (tertiary/aromatic N) is 2. The zero-order valence-corrected chi connectivity index (χ0v) is 11.4. The molecule has 108 valence electrons. The van der Waals surface area contributed by atoms with E-state index in [1.807, 2.05) is 0 Å². The molecule has 7 nitrogen and oxygen atoms in total. The number of hydrogen-bond acceptors (Lipinski definition) is 4. The molecule has 1 aromatic carbocycles. The summed E-state index contributed by atoms with van der Waals surface area (Å²) in [5, 5.41) is 28.4. The zero-order chi connectivity index (χ0) is 14.5. The van der Waals surface area contributed by atoms with Crippen LogP contribution in [0, 0.1) is 0 Å². The van der Waals surface area contributed by atoms with Crippen LogP contribution in [0.3, 0.4) is 0 Å². The van der Waals surface area contributed by atoms with Crippen molar-refractivity contribution in [3.63, 3.8) is 0 Å². The van der Waals surface area contributed by atoms with Crippen molar-refractivity contribution in [2.45, 2.75) is 0 Å². The molecule has 1 heterocycles. The lowest BCUT2D eigenvalue weighted by Gasteiger charge is -2.21. The van der Waals surface area contributed by atoms with E-state index in [1.165, 1.54) is 4.90 Å². The largest absolute Gasteiger partial charge is 0.395 e. The van der Waals surface area contributed by atoms with Gasteiger partial charge in [0.25, 0.3) is 0 Å². The smallest absolute Gasteiger partial charge is 0.322 e. The number of carbonyl (C=O) groups excluding carboxylic acids is 1.